The summed E-state index contributed by atoms with van der Waals surface area (Å²) >= 11 is 0. The Balaban J connectivity index is 0.00000148. The fourth-order valence-electron chi connectivity index (χ4n) is 5.00. The molecule has 1 saturated heterocycles. The van der Waals surface area contributed by atoms with Gasteiger partial charge in [-0.15, -0.1) is 10.2 Å². The minimum absolute atomic E-state index is 0.0185. The molecule has 1 aliphatic carbocycles. The van der Waals surface area contributed by atoms with Crippen molar-refractivity contribution in [2.24, 2.45) is 0 Å². The van der Waals surface area contributed by atoms with Crippen molar-refractivity contribution in [1.82, 2.24) is 25.1 Å². The van der Waals surface area contributed by atoms with Gasteiger partial charge < -0.3 is 14.6 Å². The van der Waals surface area contributed by atoms with Crippen molar-refractivity contribution in [1.29, 1.82) is 0 Å². The Morgan fingerprint density at radius 2 is 1.64 bits per heavy atom. The van der Waals surface area contributed by atoms with Crippen molar-refractivity contribution >= 4 is 5.95 Å². The van der Waals surface area contributed by atoms with Crippen LogP contribution in [0.4, 0.5) is 14.7 Å². The van der Waals surface area contributed by atoms with E-state index in [4.69, 9.17) is 4.42 Å². The van der Waals surface area contributed by atoms with Crippen LogP contribution in [0.15, 0.2) is 41.1 Å². The monoisotopic (exact) mass is 498 g/mol. The van der Waals surface area contributed by atoms with Crippen LogP contribution in [-0.2, 0) is 5.54 Å². The molecule has 1 aliphatic heterocycles. The molecule has 1 N–H and O–H groups in total. The summed E-state index contributed by atoms with van der Waals surface area (Å²) in [5, 5.41) is 10.5. The highest BCUT2D eigenvalue weighted by Crippen LogP contribution is 2.44. The number of likely N-dealkylation sites (tertiary alicyclic amines) is 1. The average Bonchev–Trinajstić information content (AvgIpc) is 3.39. The second kappa shape index (κ2) is 11.4. The van der Waals surface area contributed by atoms with E-state index < -0.39 is 12.3 Å². The first-order valence-electron chi connectivity index (χ1n) is 13.0. The van der Waals surface area contributed by atoms with Gasteiger partial charge in [0.2, 0.25) is 5.95 Å². The van der Waals surface area contributed by atoms with Gasteiger partial charge in [-0.2, -0.15) is 8.78 Å². The quantitative estimate of drug-likeness (QED) is 0.395. The van der Waals surface area contributed by atoms with Crippen molar-refractivity contribution in [2.75, 3.05) is 18.4 Å². The Labute approximate surface area is 211 Å². The molecule has 7 nitrogen and oxygen atoms in total. The number of benzene rings is 1. The lowest BCUT2D eigenvalue weighted by Crippen LogP contribution is -2.42. The molecule has 2 aliphatic rings. The average molecular weight is 499 g/mol. The van der Waals surface area contributed by atoms with Crippen LogP contribution in [0.3, 0.4) is 0 Å². The molecule has 36 heavy (non-hydrogen) atoms. The number of rotatable bonds is 7. The van der Waals surface area contributed by atoms with Crippen molar-refractivity contribution < 1.29 is 13.2 Å². The van der Waals surface area contributed by atoms with Crippen molar-refractivity contribution in [3.05, 3.63) is 53.7 Å². The number of halogens is 2. The first-order chi connectivity index (χ1) is 17.4. The third kappa shape index (κ3) is 5.56. The third-order valence-corrected chi connectivity index (χ3v) is 7.28. The molecular weight excluding hydrogens is 462 g/mol. The molecule has 0 radical (unpaired) electrons. The molecule has 2 fully saturated rings. The molecule has 0 amide bonds. The number of aromatic nitrogens is 4. The summed E-state index contributed by atoms with van der Waals surface area (Å²) in [6, 6.07) is 9.68. The molecule has 2 aromatic heterocycles. The maximum absolute atomic E-state index is 12.7. The SMILES string of the molecule is CC.CC(C)N1CCC(c2ccc(C3(Nc4ncc(-c5nnc(C(F)F)o5)cn4)CCC3)cc2)CC1. The maximum atomic E-state index is 12.7. The van der Waals surface area contributed by atoms with Gasteiger partial charge in [0, 0.05) is 18.4 Å². The Kier molecular flexibility index (Phi) is 8.28. The minimum atomic E-state index is -2.80. The summed E-state index contributed by atoms with van der Waals surface area (Å²) in [6.45, 7) is 10.9. The standard InChI is InChI=1S/C25H30F2N6O.C2H6/c1-16(2)33-12-8-18(9-13-33)17-4-6-20(7-5-17)25(10-3-11-25)30-24-28-14-19(15-29-24)22-31-32-23(34-22)21(26)27;1-2/h4-7,14-16,18,21H,3,8-13H2,1-2H3,(H,28,29,30);1-2H3. The third-order valence-electron chi connectivity index (χ3n) is 7.28. The van der Waals surface area contributed by atoms with Crippen molar-refractivity contribution in [3.8, 4) is 11.5 Å². The van der Waals surface area contributed by atoms with E-state index >= 15 is 0 Å². The first-order valence-corrected chi connectivity index (χ1v) is 13.0. The number of nitrogens with zero attached hydrogens (tertiary/aromatic N) is 5. The Bertz CT molecular complexity index is 1090. The molecule has 0 atom stereocenters. The fraction of sp³-hybridized carbons (Fsp3) is 0.556. The normalized spacial score (nSPS) is 18.0. The van der Waals surface area contributed by atoms with Gasteiger partial charge in [0.1, 0.15) is 0 Å². The van der Waals surface area contributed by atoms with Crippen LogP contribution in [0, 0.1) is 0 Å². The predicted molar refractivity (Wildman–Crippen MR) is 136 cm³/mol. The Morgan fingerprint density at radius 1 is 1.00 bits per heavy atom. The van der Waals surface area contributed by atoms with E-state index in [2.05, 4.69) is 68.5 Å². The molecule has 0 bridgehead atoms. The minimum Gasteiger partial charge on any atom is -0.415 e. The van der Waals surface area contributed by atoms with Crippen LogP contribution >= 0.6 is 0 Å². The van der Waals surface area contributed by atoms with E-state index in [9.17, 15) is 8.78 Å². The lowest BCUT2D eigenvalue weighted by Gasteiger charge is -2.43. The topological polar surface area (TPSA) is 80.0 Å². The van der Waals surface area contributed by atoms with Crippen LogP contribution in [0.5, 0.6) is 0 Å². The second-order valence-corrected chi connectivity index (χ2v) is 9.63. The van der Waals surface area contributed by atoms with E-state index in [0.29, 0.717) is 23.5 Å². The van der Waals surface area contributed by atoms with Crippen LogP contribution in [0.1, 0.15) is 89.2 Å². The van der Waals surface area contributed by atoms with Gasteiger partial charge in [0.15, 0.2) is 0 Å². The lowest BCUT2D eigenvalue weighted by atomic mass is 9.71. The van der Waals surface area contributed by atoms with E-state index in [0.717, 1.165) is 32.4 Å². The van der Waals surface area contributed by atoms with Crippen LogP contribution < -0.4 is 5.32 Å². The highest BCUT2D eigenvalue weighted by Gasteiger charge is 2.39. The summed E-state index contributed by atoms with van der Waals surface area (Å²) in [6.07, 6.45) is 5.78. The molecule has 194 valence electrons. The van der Waals surface area contributed by atoms with E-state index in [1.54, 1.807) is 0 Å². The number of hydrogen-bond donors (Lipinski definition) is 1. The largest absolute Gasteiger partial charge is 0.415 e. The van der Waals surface area contributed by atoms with Gasteiger partial charge in [-0.1, -0.05) is 38.1 Å². The van der Waals surface area contributed by atoms with Crippen molar-refractivity contribution in [3.63, 3.8) is 0 Å². The molecule has 1 saturated carbocycles. The van der Waals surface area contributed by atoms with Crippen LogP contribution in [0.25, 0.3) is 11.5 Å². The molecule has 1 aromatic carbocycles. The number of hydrogen-bond acceptors (Lipinski definition) is 7. The molecule has 9 heteroatoms. The van der Waals surface area contributed by atoms with E-state index in [1.165, 1.54) is 36.4 Å². The van der Waals surface area contributed by atoms with E-state index in [-0.39, 0.29) is 11.4 Å². The molecule has 0 unspecified atom stereocenters. The highest BCUT2D eigenvalue weighted by atomic mass is 19.3. The Morgan fingerprint density at radius 3 is 2.14 bits per heavy atom. The van der Waals surface area contributed by atoms with Crippen LogP contribution in [-0.4, -0.2) is 44.2 Å². The zero-order chi connectivity index (χ0) is 25.7. The van der Waals surface area contributed by atoms with Gasteiger partial charge >= 0.3 is 6.43 Å². The molecule has 3 aromatic rings. The van der Waals surface area contributed by atoms with Gasteiger partial charge in [-0.3, -0.25) is 0 Å². The summed E-state index contributed by atoms with van der Waals surface area (Å²) in [5.74, 6) is 0.386. The van der Waals surface area contributed by atoms with Gasteiger partial charge in [0.05, 0.1) is 11.1 Å². The van der Waals surface area contributed by atoms with Gasteiger partial charge in [0.25, 0.3) is 11.8 Å². The smallest absolute Gasteiger partial charge is 0.314 e. The maximum Gasteiger partial charge on any atom is 0.314 e. The summed E-state index contributed by atoms with van der Waals surface area (Å²) < 4.78 is 30.4. The van der Waals surface area contributed by atoms with Gasteiger partial charge in [-0.05, 0) is 76.1 Å². The van der Waals surface area contributed by atoms with Gasteiger partial charge in [-0.25, -0.2) is 9.97 Å². The summed E-state index contributed by atoms with van der Waals surface area (Å²) in [7, 11) is 0. The first kappa shape index (κ1) is 26.1. The highest BCUT2D eigenvalue weighted by molar-refractivity contribution is 5.51. The number of nitrogens with one attached hydrogen (secondary N) is 1. The molecule has 3 heterocycles. The zero-order valence-corrected chi connectivity index (χ0v) is 21.5. The van der Waals surface area contributed by atoms with Crippen LogP contribution in [0.2, 0.25) is 0 Å². The molecular formula is C27H36F2N6O. The number of anilines is 1. The molecule has 5 rings (SSSR count). The predicted octanol–water partition coefficient (Wildman–Crippen LogP) is 6.57. The summed E-state index contributed by atoms with van der Waals surface area (Å²) in [5.41, 5.74) is 2.88. The Hall–Kier alpha value is -2.94. The fourth-order valence-corrected chi connectivity index (χ4v) is 5.00. The number of alkyl halides is 2. The van der Waals surface area contributed by atoms with Crippen molar-refractivity contribution in [2.45, 2.75) is 83.7 Å². The number of piperidine rings is 1. The molecule has 0 spiro atoms. The second-order valence-electron chi connectivity index (χ2n) is 9.63. The lowest BCUT2D eigenvalue weighted by molar-refractivity contribution is 0.116. The zero-order valence-electron chi connectivity index (χ0n) is 21.5. The summed E-state index contributed by atoms with van der Waals surface area (Å²) in [4.78, 5) is 11.3. The van der Waals surface area contributed by atoms with E-state index in [1.807, 2.05) is 13.8 Å².